The fourth-order valence-electron chi connectivity index (χ4n) is 5.03. The van der Waals surface area contributed by atoms with E-state index in [0.29, 0.717) is 21.5 Å². The van der Waals surface area contributed by atoms with Gasteiger partial charge in [-0.2, -0.15) is 0 Å². The number of carbonyl (C=O) groups excluding carboxylic acids is 2. The number of hydrogen-bond donors (Lipinski definition) is 0. The van der Waals surface area contributed by atoms with E-state index in [-0.39, 0.29) is 35.5 Å². The van der Waals surface area contributed by atoms with Gasteiger partial charge in [0.15, 0.2) is 4.34 Å². The molecular weight excluding hydrogens is 471 g/mol. The summed E-state index contributed by atoms with van der Waals surface area (Å²) < 4.78 is 1.87. The van der Waals surface area contributed by atoms with Crippen molar-refractivity contribution in [2.24, 2.45) is 23.7 Å². The van der Waals surface area contributed by atoms with Crippen LogP contribution in [0.3, 0.4) is 0 Å². The first-order chi connectivity index (χ1) is 15.0. The number of anilines is 1. The average Bonchev–Trinajstić information content (AvgIpc) is 3.50. The minimum atomic E-state index is -0.185. The number of imide groups is 1. The van der Waals surface area contributed by atoms with Gasteiger partial charge in [0.05, 0.1) is 27.7 Å². The second-order valence-corrected chi connectivity index (χ2v) is 11.3. The van der Waals surface area contributed by atoms with Gasteiger partial charge in [-0.1, -0.05) is 53.2 Å². The molecule has 156 valence electrons. The molecule has 0 unspecified atom stereocenters. The third-order valence-electron chi connectivity index (χ3n) is 6.45. The number of nitrogens with zero attached hydrogens (tertiary/aromatic N) is 2. The van der Waals surface area contributed by atoms with E-state index in [4.69, 9.17) is 23.2 Å². The maximum Gasteiger partial charge on any atom is 0.238 e. The first-order valence-electron chi connectivity index (χ1n) is 10.0. The lowest BCUT2D eigenvalue weighted by molar-refractivity contribution is -0.123. The third-order valence-corrected chi connectivity index (χ3v) is 9.24. The molecule has 3 aliphatic rings. The topological polar surface area (TPSA) is 50.3 Å². The lowest BCUT2D eigenvalue weighted by atomic mass is 9.85. The Morgan fingerprint density at radius 1 is 1.03 bits per heavy atom. The lowest BCUT2D eigenvalue weighted by Gasteiger charge is -2.17. The number of carbonyl (C=O) groups is 2. The van der Waals surface area contributed by atoms with Crippen LogP contribution in [0.2, 0.25) is 10.0 Å². The molecule has 0 spiro atoms. The van der Waals surface area contributed by atoms with Crippen molar-refractivity contribution in [3.8, 4) is 0 Å². The number of thioether (sulfide) groups is 1. The smallest absolute Gasteiger partial charge is 0.238 e. The zero-order valence-electron chi connectivity index (χ0n) is 16.1. The van der Waals surface area contributed by atoms with Crippen LogP contribution in [-0.4, -0.2) is 16.8 Å². The SMILES string of the molecule is O=C1[C@@H]2[C@H](C(=O)N1c1ccc3nc(SCc4ccc(Cl)cc4Cl)sc3c1)[C@H]1C=C[C@H]2C1. The summed E-state index contributed by atoms with van der Waals surface area (Å²) in [6.07, 6.45) is 5.17. The van der Waals surface area contributed by atoms with E-state index in [9.17, 15) is 9.59 Å². The van der Waals surface area contributed by atoms with Gasteiger partial charge in [-0.3, -0.25) is 9.59 Å². The maximum atomic E-state index is 13.1. The van der Waals surface area contributed by atoms with Crippen LogP contribution in [0.5, 0.6) is 0 Å². The molecule has 4 nitrogen and oxygen atoms in total. The molecule has 1 aromatic heterocycles. The first-order valence-corrected chi connectivity index (χ1v) is 12.6. The molecule has 2 bridgehead atoms. The largest absolute Gasteiger partial charge is 0.274 e. The Morgan fingerprint density at radius 3 is 2.48 bits per heavy atom. The number of fused-ring (bicyclic) bond motifs is 6. The molecule has 31 heavy (non-hydrogen) atoms. The second-order valence-electron chi connectivity index (χ2n) is 8.17. The highest BCUT2D eigenvalue weighted by atomic mass is 35.5. The van der Waals surface area contributed by atoms with Crippen molar-refractivity contribution >= 4 is 74.0 Å². The number of thiazole rings is 1. The molecule has 0 N–H and O–H groups in total. The van der Waals surface area contributed by atoms with E-state index >= 15 is 0 Å². The molecule has 4 atom stereocenters. The van der Waals surface area contributed by atoms with Crippen LogP contribution in [0.25, 0.3) is 10.2 Å². The van der Waals surface area contributed by atoms with Gasteiger partial charge in [0.25, 0.3) is 0 Å². The zero-order valence-corrected chi connectivity index (χ0v) is 19.3. The van der Waals surface area contributed by atoms with E-state index in [2.05, 4.69) is 17.1 Å². The highest BCUT2D eigenvalue weighted by Crippen LogP contribution is 2.53. The van der Waals surface area contributed by atoms with Crippen molar-refractivity contribution in [2.75, 3.05) is 4.90 Å². The summed E-state index contributed by atoms with van der Waals surface area (Å²) in [6, 6.07) is 11.1. The summed E-state index contributed by atoms with van der Waals surface area (Å²) in [4.78, 5) is 32.2. The van der Waals surface area contributed by atoms with E-state index in [1.54, 1.807) is 29.2 Å². The zero-order chi connectivity index (χ0) is 21.3. The van der Waals surface area contributed by atoms with E-state index in [1.807, 2.05) is 30.3 Å². The lowest BCUT2D eigenvalue weighted by Crippen LogP contribution is -2.32. The molecule has 8 heteroatoms. The Kier molecular flexibility index (Phi) is 4.69. The summed E-state index contributed by atoms with van der Waals surface area (Å²) in [5, 5.41) is 1.26. The minimum Gasteiger partial charge on any atom is -0.274 e. The molecular formula is C23H16Cl2N2O2S2. The second kappa shape index (κ2) is 7.34. The van der Waals surface area contributed by atoms with E-state index in [1.165, 1.54) is 4.90 Å². The van der Waals surface area contributed by atoms with Gasteiger partial charge in [-0.25, -0.2) is 9.88 Å². The van der Waals surface area contributed by atoms with Crippen molar-refractivity contribution in [2.45, 2.75) is 16.5 Å². The van der Waals surface area contributed by atoms with Crippen molar-refractivity contribution in [1.29, 1.82) is 0 Å². The van der Waals surface area contributed by atoms with Gasteiger partial charge in [0, 0.05) is 15.8 Å². The average molecular weight is 487 g/mol. The van der Waals surface area contributed by atoms with Crippen molar-refractivity contribution in [1.82, 2.24) is 4.98 Å². The van der Waals surface area contributed by atoms with Gasteiger partial charge >= 0.3 is 0 Å². The maximum absolute atomic E-state index is 13.1. The number of hydrogen-bond acceptors (Lipinski definition) is 5. The van der Waals surface area contributed by atoms with Gasteiger partial charge in [0.2, 0.25) is 11.8 Å². The molecule has 2 aromatic carbocycles. The van der Waals surface area contributed by atoms with Gasteiger partial charge in [0.1, 0.15) is 0 Å². The van der Waals surface area contributed by atoms with Crippen LogP contribution in [0.4, 0.5) is 5.69 Å². The van der Waals surface area contributed by atoms with Crippen molar-refractivity contribution in [3.63, 3.8) is 0 Å². The van der Waals surface area contributed by atoms with Gasteiger partial charge in [-0.05, 0) is 54.2 Å². The molecule has 2 amide bonds. The third kappa shape index (κ3) is 3.15. The molecule has 6 rings (SSSR count). The van der Waals surface area contributed by atoms with Crippen molar-refractivity contribution in [3.05, 3.63) is 64.2 Å². The predicted octanol–water partition coefficient (Wildman–Crippen LogP) is 6.21. The fourth-order valence-corrected chi connectivity index (χ4v) is 7.69. The van der Waals surface area contributed by atoms with E-state index in [0.717, 1.165) is 26.5 Å². The number of allylic oxidation sites excluding steroid dienone is 2. The molecule has 1 aliphatic heterocycles. The number of aromatic nitrogens is 1. The monoisotopic (exact) mass is 486 g/mol. The highest BCUT2D eigenvalue weighted by molar-refractivity contribution is 8.00. The number of amides is 2. The Balaban J connectivity index is 1.25. The summed E-state index contributed by atoms with van der Waals surface area (Å²) in [7, 11) is 0. The molecule has 2 heterocycles. The van der Waals surface area contributed by atoms with Crippen LogP contribution in [-0.2, 0) is 15.3 Å². The Labute approximate surface area is 197 Å². The molecule has 3 aromatic rings. The van der Waals surface area contributed by atoms with Crippen LogP contribution < -0.4 is 4.90 Å². The standard InChI is InChI=1S/C23H16Cl2N2O2S2/c24-14-4-3-13(16(25)8-14)10-30-23-26-17-6-5-15(9-18(17)31-23)27-21(28)19-11-1-2-12(7-11)20(19)22(27)29/h1-6,8-9,11-12,19-20H,7,10H2/t11-,12-,19-,20+/m0/s1. The normalized spacial score (nSPS) is 26.5. The van der Waals surface area contributed by atoms with Crippen LogP contribution >= 0.6 is 46.3 Å². The van der Waals surface area contributed by atoms with E-state index < -0.39 is 0 Å². The quantitative estimate of drug-likeness (QED) is 0.250. The van der Waals surface area contributed by atoms with Crippen LogP contribution in [0.1, 0.15) is 12.0 Å². The summed E-state index contributed by atoms with van der Waals surface area (Å²) in [5.41, 5.74) is 2.51. The number of rotatable bonds is 4. The Morgan fingerprint density at radius 2 is 1.77 bits per heavy atom. The molecule has 1 saturated carbocycles. The number of halogens is 2. The van der Waals surface area contributed by atoms with Gasteiger partial charge < -0.3 is 0 Å². The highest BCUT2D eigenvalue weighted by Gasteiger charge is 2.59. The minimum absolute atomic E-state index is 0.0531. The summed E-state index contributed by atoms with van der Waals surface area (Å²) >= 11 is 15.4. The first kappa shape index (κ1) is 19.8. The molecule has 2 fully saturated rings. The molecule has 0 radical (unpaired) electrons. The Bertz CT molecular complexity index is 1260. The number of benzene rings is 2. The van der Waals surface area contributed by atoms with Crippen LogP contribution in [0, 0.1) is 23.7 Å². The van der Waals surface area contributed by atoms with Crippen LogP contribution in [0.15, 0.2) is 52.9 Å². The summed E-state index contributed by atoms with van der Waals surface area (Å²) in [6.45, 7) is 0. The summed E-state index contributed by atoms with van der Waals surface area (Å²) in [5.74, 6) is 0.637. The molecule has 2 aliphatic carbocycles. The molecule has 1 saturated heterocycles. The van der Waals surface area contributed by atoms with Crippen molar-refractivity contribution < 1.29 is 9.59 Å². The fraction of sp³-hybridized carbons (Fsp3) is 0.261. The predicted molar refractivity (Wildman–Crippen MR) is 126 cm³/mol. The van der Waals surface area contributed by atoms with Gasteiger partial charge in [-0.15, -0.1) is 11.3 Å². The Hall–Kier alpha value is -1.86.